The topological polar surface area (TPSA) is 55.8 Å². The number of carbonyl (C=O) groups is 1. The maximum atomic E-state index is 12.9. The van der Waals surface area contributed by atoms with Crippen molar-refractivity contribution in [2.24, 2.45) is 0 Å². The number of hydrogen-bond acceptors (Lipinski definition) is 4. The molecule has 2 atom stereocenters. The normalized spacial score (nSPS) is 20.6. The molecule has 1 aromatic rings. The Balaban J connectivity index is 1.89. The summed E-state index contributed by atoms with van der Waals surface area (Å²) in [5.74, 6) is -1.90. The molecule has 1 aliphatic heterocycles. The van der Waals surface area contributed by atoms with E-state index in [1.807, 2.05) is 0 Å². The average molecular weight is 258 g/mol. The smallest absolute Gasteiger partial charge is 0.306 e. The number of benzene rings is 1. The molecule has 1 saturated heterocycles. The molecule has 1 N–H and O–H groups in total. The third-order valence-corrected chi connectivity index (χ3v) is 2.60. The number of rotatable bonds is 4. The van der Waals surface area contributed by atoms with Crippen molar-refractivity contribution < 1.29 is 28.2 Å². The summed E-state index contributed by atoms with van der Waals surface area (Å²) in [6.07, 6.45) is -0.948. The zero-order valence-corrected chi connectivity index (χ0v) is 9.44. The fourth-order valence-corrected chi connectivity index (χ4v) is 1.72. The van der Waals surface area contributed by atoms with Crippen molar-refractivity contribution in [2.45, 2.75) is 25.0 Å². The van der Waals surface area contributed by atoms with E-state index in [4.69, 9.17) is 9.47 Å². The Kier molecular flexibility index (Phi) is 3.76. The maximum Gasteiger partial charge on any atom is 0.306 e. The number of carbonyl (C=O) groups excluding carboxylic acids is 1. The van der Waals surface area contributed by atoms with Crippen LogP contribution < -0.4 is 4.74 Å². The third-order valence-electron chi connectivity index (χ3n) is 2.60. The van der Waals surface area contributed by atoms with Crippen LogP contribution in [-0.4, -0.2) is 29.9 Å². The summed E-state index contributed by atoms with van der Waals surface area (Å²) in [6, 6.07) is 2.74. The first-order valence-electron chi connectivity index (χ1n) is 5.51. The monoisotopic (exact) mass is 258 g/mol. The van der Waals surface area contributed by atoms with Gasteiger partial charge in [0.25, 0.3) is 0 Å². The number of halogens is 2. The first-order valence-corrected chi connectivity index (χ1v) is 5.51. The molecule has 1 aromatic carbocycles. The van der Waals surface area contributed by atoms with Crippen molar-refractivity contribution in [3.63, 3.8) is 0 Å². The Morgan fingerprint density at radius 1 is 1.39 bits per heavy atom. The van der Waals surface area contributed by atoms with E-state index in [0.29, 0.717) is 6.42 Å². The van der Waals surface area contributed by atoms with Gasteiger partial charge in [-0.25, -0.2) is 8.78 Å². The van der Waals surface area contributed by atoms with E-state index < -0.39 is 23.8 Å². The standard InChI is InChI=1S/C12H12F2O4/c13-7-3-8(14)5-9(4-7)17-6-10(15)11-1-2-12(16)18-11/h3-5,10-11,15H,1-2,6H2. The molecule has 1 fully saturated rings. The molecular weight excluding hydrogens is 246 g/mol. The van der Waals surface area contributed by atoms with Gasteiger partial charge in [-0.15, -0.1) is 0 Å². The highest BCUT2D eigenvalue weighted by Gasteiger charge is 2.30. The van der Waals surface area contributed by atoms with Crippen LogP contribution in [-0.2, 0) is 9.53 Å². The van der Waals surface area contributed by atoms with Gasteiger partial charge in [-0.1, -0.05) is 0 Å². The molecule has 0 aromatic heterocycles. The van der Waals surface area contributed by atoms with Crippen LogP contribution in [0.25, 0.3) is 0 Å². The summed E-state index contributed by atoms with van der Waals surface area (Å²) in [7, 11) is 0. The Morgan fingerprint density at radius 2 is 2.06 bits per heavy atom. The van der Waals surface area contributed by atoms with Crippen molar-refractivity contribution in [3.8, 4) is 5.75 Å². The van der Waals surface area contributed by atoms with Crippen LogP contribution in [0.3, 0.4) is 0 Å². The molecule has 0 radical (unpaired) electrons. The van der Waals surface area contributed by atoms with Gasteiger partial charge >= 0.3 is 5.97 Å². The predicted octanol–water partition coefficient (Wildman–Crippen LogP) is 1.41. The molecule has 0 spiro atoms. The lowest BCUT2D eigenvalue weighted by Crippen LogP contribution is -2.31. The third kappa shape index (κ3) is 3.16. The van der Waals surface area contributed by atoms with Crippen LogP contribution in [0, 0.1) is 11.6 Å². The number of ether oxygens (including phenoxy) is 2. The minimum Gasteiger partial charge on any atom is -0.491 e. The number of hydrogen-bond donors (Lipinski definition) is 1. The van der Waals surface area contributed by atoms with Crippen molar-refractivity contribution in [2.75, 3.05) is 6.61 Å². The van der Waals surface area contributed by atoms with E-state index >= 15 is 0 Å². The minimum absolute atomic E-state index is 0.0177. The zero-order valence-electron chi connectivity index (χ0n) is 9.44. The first-order chi connectivity index (χ1) is 8.54. The first kappa shape index (κ1) is 12.8. The van der Waals surface area contributed by atoms with Crippen molar-refractivity contribution in [1.29, 1.82) is 0 Å². The van der Waals surface area contributed by atoms with Crippen molar-refractivity contribution in [3.05, 3.63) is 29.8 Å². The van der Waals surface area contributed by atoms with Crippen molar-refractivity contribution >= 4 is 5.97 Å². The van der Waals surface area contributed by atoms with E-state index in [9.17, 15) is 18.7 Å². The molecule has 1 heterocycles. The van der Waals surface area contributed by atoms with Gasteiger partial charge in [-0.3, -0.25) is 4.79 Å². The Bertz CT molecular complexity index is 429. The summed E-state index contributed by atoms with van der Waals surface area (Å²) >= 11 is 0. The highest BCUT2D eigenvalue weighted by atomic mass is 19.1. The Morgan fingerprint density at radius 3 is 2.61 bits per heavy atom. The van der Waals surface area contributed by atoms with Gasteiger partial charge < -0.3 is 14.6 Å². The molecule has 0 amide bonds. The maximum absolute atomic E-state index is 12.9. The van der Waals surface area contributed by atoms with Gasteiger partial charge in [-0.05, 0) is 6.42 Å². The number of cyclic esters (lactones) is 1. The highest BCUT2D eigenvalue weighted by molar-refractivity contribution is 5.71. The summed E-state index contributed by atoms with van der Waals surface area (Å²) in [5, 5.41) is 9.68. The number of esters is 1. The molecule has 1 aliphatic rings. The van der Waals surface area contributed by atoms with Gasteiger partial charge in [0.2, 0.25) is 0 Å². The lowest BCUT2D eigenvalue weighted by Gasteiger charge is -2.17. The van der Waals surface area contributed by atoms with Gasteiger partial charge in [0, 0.05) is 24.6 Å². The molecule has 0 bridgehead atoms. The largest absolute Gasteiger partial charge is 0.491 e. The second-order valence-corrected chi connectivity index (χ2v) is 4.05. The fraction of sp³-hybridized carbons (Fsp3) is 0.417. The van der Waals surface area contributed by atoms with Crippen LogP contribution in [0.2, 0.25) is 0 Å². The van der Waals surface area contributed by atoms with Gasteiger partial charge in [0.15, 0.2) is 0 Å². The van der Waals surface area contributed by atoms with Crippen LogP contribution in [0.5, 0.6) is 5.75 Å². The van der Waals surface area contributed by atoms with Crippen LogP contribution in [0.4, 0.5) is 8.78 Å². The second-order valence-electron chi connectivity index (χ2n) is 4.05. The molecule has 4 nitrogen and oxygen atoms in total. The zero-order chi connectivity index (χ0) is 13.1. The van der Waals surface area contributed by atoms with E-state index in [0.717, 1.165) is 18.2 Å². The Hall–Kier alpha value is -1.69. The molecule has 2 rings (SSSR count). The number of aliphatic hydroxyl groups is 1. The summed E-state index contributed by atoms with van der Waals surface area (Å²) < 4.78 is 35.6. The van der Waals surface area contributed by atoms with Crippen LogP contribution in [0.1, 0.15) is 12.8 Å². The lowest BCUT2D eigenvalue weighted by molar-refractivity contribution is -0.146. The minimum atomic E-state index is -1.01. The van der Waals surface area contributed by atoms with Crippen molar-refractivity contribution in [1.82, 2.24) is 0 Å². The van der Waals surface area contributed by atoms with Gasteiger partial charge in [0.1, 0.15) is 36.2 Å². The molecule has 6 heteroatoms. The highest BCUT2D eigenvalue weighted by Crippen LogP contribution is 2.19. The predicted molar refractivity (Wildman–Crippen MR) is 57.0 cm³/mol. The SMILES string of the molecule is O=C1CCC(C(O)COc2cc(F)cc(F)c2)O1. The summed E-state index contributed by atoms with van der Waals surface area (Å²) in [4.78, 5) is 10.8. The lowest BCUT2D eigenvalue weighted by atomic mass is 10.1. The second kappa shape index (κ2) is 5.30. The molecule has 2 unspecified atom stereocenters. The summed E-state index contributed by atoms with van der Waals surface area (Å²) in [5.41, 5.74) is 0. The molecule has 18 heavy (non-hydrogen) atoms. The van der Waals surface area contributed by atoms with Gasteiger partial charge in [0.05, 0.1) is 0 Å². The fourth-order valence-electron chi connectivity index (χ4n) is 1.72. The molecule has 0 saturated carbocycles. The van der Waals surface area contributed by atoms with E-state index in [2.05, 4.69) is 0 Å². The summed E-state index contributed by atoms with van der Waals surface area (Å²) in [6.45, 7) is -0.194. The molecular formula is C12H12F2O4. The number of aliphatic hydroxyl groups excluding tert-OH is 1. The molecule has 0 aliphatic carbocycles. The Labute approximate surface area is 102 Å². The average Bonchev–Trinajstić information content (AvgIpc) is 2.71. The van der Waals surface area contributed by atoms with Crippen LogP contribution in [0.15, 0.2) is 18.2 Å². The van der Waals surface area contributed by atoms with E-state index in [-0.39, 0.29) is 24.7 Å². The molecule has 98 valence electrons. The van der Waals surface area contributed by atoms with E-state index in [1.165, 1.54) is 0 Å². The van der Waals surface area contributed by atoms with E-state index in [1.54, 1.807) is 0 Å². The van der Waals surface area contributed by atoms with Crippen LogP contribution >= 0.6 is 0 Å². The quantitative estimate of drug-likeness (QED) is 0.830. The van der Waals surface area contributed by atoms with Gasteiger partial charge in [-0.2, -0.15) is 0 Å².